The molecule has 0 amide bonds. The van der Waals surface area contributed by atoms with Crippen molar-refractivity contribution in [2.75, 3.05) is 25.4 Å². The number of aromatic amines is 1. The fraction of sp³-hybridized carbons (Fsp3) is 0.542. The molecule has 2 fully saturated rings. The minimum absolute atomic E-state index is 0.00657. The van der Waals surface area contributed by atoms with Crippen molar-refractivity contribution in [2.45, 2.75) is 44.4 Å². The standard InChI is InChI=1S/C24H31N5O3S/c25-33(31,32)15-16-2-1-11-29(13-16)14-22(30)18-5-3-17(4-6-18)19-7-9-26-21-12-28-24-20(23(19)21)8-10-27-24/h7-10,12,16-18H,1-6,11,13-15H2,(H,27,28)(H2,25,31,32). The van der Waals surface area contributed by atoms with Gasteiger partial charge in [-0.25, -0.2) is 18.5 Å². The molecule has 33 heavy (non-hydrogen) atoms. The fourth-order valence-electron chi connectivity index (χ4n) is 5.86. The second kappa shape index (κ2) is 9.12. The lowest BCUT2D eigenvalue weighted by molar-refractivity contribution is -0.125. The summed E-state index contributed by atoms with van der Waals surface area (Å²) < 4.78 is 22.9. The summed E-state index contributed by atoms with van der Waals surface area (Å²) in [7, 11) is -3.48. The number of fused-ring (bicyclic) bond motifs is 3. The first kappa shape index (κ1) is 22.4. The average Bonchev–Trinajstić information content (AvgIpc) is 3.27. The zero-order valence-corrected chi connectivity index (χ0v) is 19.6. The summed E-state index contributed by atoms with van der Waals surface area (Å²) in [5, 5.41) is 7.51. The topological polar surface area (TPSA) is 122 Å². The number of ketones is 1. The highest BCUT2D eigenvalue weighted by molar-refractivity contribution is 7.89. The van der Waals surface area contributed by atoms with Gasteiger partial charge in [-0.15, -0.1) is 0 Å². The molecule has 0 bridgehead atoms. The molecule has 5 rings (SSSR count). The molecule has 0 spiro atoms. The smallest absolute Gasteiger partial charge is 0.209 e. The second-order valence-electron chi connectivity index (χ2n) is 9.75. The van der Waals surface area contributed by atoms with Crippen LogP contribution in [-0.4, -0.2) is 59.4 Å². The maximum absolute atomic E-state index is 13.0. The minimum atomic E-state index is -3.48. The van der Waals surface area contributed by atoms with Crippen molar-refractivity contribution in [1.29, 1.82) is 0 Å². The number of hydrogen-bond donors (Lipinski definition) is 2. The Hall–Kier alpha value is -2.36. The van der Waals surface area contributed by atoms with Crippen LogP contribution in [0.5, 0.6) is 0 Å². The van der Waals surface area contributed by atoms with E-state index < -0.39 is 10.0 Å². The molecule has 1 unspecified atom stereocenters. The molecule has 1 saturated heterocycles. The lowest BCUT2D eigenvalue weighted by Crippen LogP contribution is -2.43. The van der Waals surface area contributed by atoms with Crippen LogP contribution in [0.1, 0.15) is 50.0 Å². The van der Waals surface area contributed by atoms with Crippen LogP contribution >= 0.6 is 0 Å². The minimum Gasteiger partial charge on any atom is -0.346 e. The number of nitrogens with zero attached hydrogens (tertiary/aromatic N) is 3. The molecule has 1 atom stereocenters. The van der Waals surface area contributed by atoms with E-state index in [-0.39, 0.29) is 17.6 Å². The van der Waals surface area contributed by atoms with Crippen LogP contribution in [0.25, 0.3) is 21.9 Å². The van der Waals surface area contributed by atoms with Gasteiger partial charge in [0.2, 0.25) is 10.0 Å². The maximum atomic E-state index is 13.0. The van der Waals surface area contributed by atoms with Crippen molar-refractivity contribution in [3.8, 4) is 0 Å². The van der Waals surface area contributed by atoms with Crippen molar-refractivity contribution in [1.82, 2.24) is 19.9 Å². The Morgan fingerprint density at radius 2 is 1.97 bits per heavy atom. The number of piperidine rings is 1. The largest absolute Gasteiger partial charge is 0.346 e. The lowest BCUT2D eigenvalue weighted by atomic mass is 9.76. The molecule has 3 aromatic rings. The first-order valence-corrected chi connectivity index (χ1v) is 13.5. The number of primary sulfonamides is 1. The van der Waals surface area contributed by atoms with E-state index in [1.807, 2.05) is 18.6 Å². The number of sulfonamides is 1. The number of pyridine rings is 2. The molecule has 8 nitrogen and oxygen atoms in total. The molecular formula is C24H31N5O3S. The molecule has 176 valence electrons. The van der Waals surface area contributed by atoms with E-state index in [4.69, 9.17) is 5.14 Å². The highest BCUT2D eigenvalue weighted by atomic mass is 32.2. The van der Waals surface area contributed by atoms with Crippen molar-refractivity contribution in [2.24, 2.45) is 17.0 Å². The van der Waals surface area contributed by atoms with E-state index in [9.17, 15) is 13.2 Å². The van der Waals surface area contributed by atoms with Crippen LogP contribution < -0.4 is 5.14 Å². The molecule has 4 heterocycles. The van der Waals surface area contributed by atoms with Crippen LogP contribution in [0.2, 0.25) is 0 Å². The number of hydrogen-bond acceptors (Lipinski definition) is 6. The third-order valence-electron chi connectivity index (χ3n) is 7.40. The molecule has 3 aromatic heterocycles. The molecule has 0 radical (unpaired) electrons. The molecular weight excluding hydrogens is 438 g/mol. The number of likely N-dealkylation sites (tertiary alicyclic amines) is 1. The third kappa shape index (κ3) is 4.95. The Labute approximate surface area is 194 Å². The Kier molecular flexibility index (Phi) is 6.20. The van der Waals surface area contributed by atoms with E-state index in [1.165, 1.54) is 10.9 Å². The summed E-state index contributed by atoms with van der Waals surface area (Å²) in [6.07, 6.45) is 11.1. The number of Topliss-reactive ketones (excluding diaryl/α,β-unsaturated/α-hetero) is 1. The summed E-state index contributed by atoms with van der Waals surface area (Å²) >= 11 is 0. The number of nitrogens with two attached hydrogens (primary N) is 1. The van der Waals surface area contributed by atoms with Gasteiger partial charge < -0.3 is 4.98 Å². The zero-order valence-electron chi connectivity index (χ0n) is 18.7. The number of carbonyl (C=O) groups is 1. The van der Waals surface area contributed by atoms with Crippen LogP contribution in [-0.2, 0) is 14.8 Å². The number of carbonyl (C=O) groups excluding carboxylic acids is 1. The van der Waals surface area contributed by atoms with Gasteiger partial charge in [-0.2, -0.15) is 0 Å². The Balaban J connectivity index is 1.23. The lowest BCUT2D eigenvalue weighted by Gasteiger charge is -2.34. The average molecular weight is 470 g/mol. The first-order valence-electron chi connectivity index (χ1n) is 11.8. The van der Waals surface area contributed by atoms with Crippen molar-refractivity contribution in [3.05, 3.63) is 36.3 Å². The highest BCUT2D eigenvalue weighted by Crippen LogP contribution is 2.40. The van der Waals surface area contributed by atoms with E-state index >= 15 is 0 Å². The number of H-pyrrole nitrogens is 1. The monoisotopic (exact) mass is 469 g/mol. The second-order valence-corrected chi connectivity index (χ2v) is 11.4. The molecule has 3 N–H and O–H groups in total. The van der Waals surface area contributed by atoms with E-state index in [2.05, 4.69) is 32.0 Å². The van der Waals surface area contributed by atoms with Crippen molar-refractivity contribution >= 4 is 37.7 Å². The van der Waals surface area contributed by atoms with Crippen LogP contribution in [0.3, 0.4) is 0 Å². The predicted octanol–water partition coefficient (Wildman–Crippen LogP) is 2.95. The van der Waals surface area contributed by atoms with E-state index in [0.717, 1.165) is 61.6 Å². The quantitative estimate of drug-likeness (QED) is 0.572. The number of nitrogens with one attached hydrogen (secondary N) is 1. The molecule has 1 aliphatic carbocycles. The normalized spacial score (nSPS) is 24.9. The Morgan fingerprint density at radius 3 is 2.76 bits per heavy atom. The van der Waals surface area contributed by atoms with Gasteiger partial charge in [0.15, 0.2) is 0 Å². The third-order valence-corrected chi connectivity index (χ3v) is 8.33. The van der Waals surface area contributed by atoms with E-state index in [0.29, 0.717) is 24.8 Å². The van der Waals surface area contributed by atoms with Crippen LogP contribution in [0, 0.1) is 11.8 Å². The van der Waals surface area contributed by atoms with Crippen molar-refractivity contribution < 1.29 is 13.2 Å². The highest BCUT2D eigenvalue weighted by Gasteiger charge is 2.31. The summed E-state index contributed by atoms with van der Waals surface area (Å²) in [5.74, 6) is 0.821. The Morgan fingerprint density at radius 1 is 1.15 bits per heavy atom. The molecule has 9 heteroatoms. The van der Waals surface area contributed by atoms with Gasteiger partial charge in [0.1, 0.15) is 11.4 Å². The SMILES string of the molecule is NS(=O)(=O)CC1CCCN(CC(=O)C2CCC(c3ccnc4cnc5[nH]ccc5c34)CC2)C1. The predicted molar refractivity (Wildman–Crippen MR) is 128 cm³/mol. The van der Waals surface area contributed by atoms with Crippen molar-refractivity contribution in [3.63, 3.8) is 0 Å². The van der Waals surface area contributed by atoms with Crippen LogP contribution in [0.4, 0.5) is 0 Å². The Bertz CT molecular complexity index is 1260. The van der Waals surface area contributed by atoms with Gasteiger partial charge in [-0.1, -0.05) is 0 Å². The molecule has 1 saturated carbocycles. The van der Waals surface area contributed by atoms with E-state index in [1.54, 1.807) is 0 Å². The van der Waals surface area contributed by atoms with Crippen LogP contribution in [0.15, 0.2) is 30.7 Å². The fourth-order valence-corrected chi connectivity index (χ4v) is 6.78. The molecule has 1 aliphatic heterocycles. The van der Waals surface area contributed by atoms with Gasteiger partial charge in [0.05, 0.1) is 24.0 Å². The first-order chi connectivity index (χ1) is 15.9. The van der Waals surface area contributed by atoms with Gasteiger partial charge in [-0.3, -0.25) is 14.7 Å². The summed E-state index contributed by atoms with van der Waals surface area (Å²) in [5.41, 5.74) is 3.10. The van der Waals surface area contributed by atoms with Gasteiger partial charge in [0, 0.05) is 35.6 Å². The maximum Gasteiger partial charge on any atom is 0.209 e. The molecule has 0 aromatic carbocycles. The summed E-state index contributed by atoms with van der Waals surface area (Å²) in [4.78, 5) is 27.3. The summed E-state index contributed by atoms with van der Waals surface area (Å²) in [6.45, 7) is 1.91. The van der Waals surface area contributed by atoms with Gasteiger partial charge in [-0.05, 0) is 74.6 Å². The summed E-state index contributed by atoms with van der Waals surface area (Å²) in [6, 6.07) is 4.19. The van der Waals surface area contributed by atoms with Gasteiger partial charge in [0.25, 0.3) is 0 Å². The molecule has 2 aliphatic rings. The number of rotatable bonds is 6. The number of aromatic nitrogens is 3. The zero-order chi connectivity index (χ0) is 23.0. The van der Waals surface area contributed by atoms with Gasteiger partial charge >= 0.3 is 0 Å².